The van der Waals surface area contributed by atoms with Crippen LogP contribution >= 0.6 is 0 Å². The third kappa shape index (κ3) is 3.69. The number of rotatable bonds is 4. The van der Waals surface area contributed by atoms with Crippen molar-refractivity contribution in [3.63, 3.8) is 0 Å². The van der Waals surface area contributed by atoms with E-state index in [9.17, 15) is 9.59 Å². The summed E-state index contributed by atoms with van der Waals surface area (Å²) in [5.74, 6) is -0.299. The number of anilines is 1. The second-order valence-corrected chi connectivity index (χ2v) is 6.66. The molecule has 1 aromatic heterocycles. The first-order valence-electron chi connectivity index (χ1n) is 9.03. The first kappa shape index (κ1) is 17.7. The molecule has 1 heterocycles. The molecule has 138 valence electrons. The zero-order chi connectivity index (χ0) is 19.5. The Labute approximate surface area is 162 Å². The molecular formula is C23H19N3O2. The van der Waals surface area contributed by atoms with Crippen LogP contribution in [0, 0.1) is 6.92 Å². The summed E-state index contributed by atoms with van der Waals surface area (Å²) in [5, 5.41) is 9.24. The summed E-state index contributed by atoms with van der Waals surface area (Å²) in [6.45, 7) is 1.86. The van der Waals surface area contributed by atoms with Gasteiger partial charge in [0.1, 0.15) is 6.54 Å². The SMILES string of the molecule is Cc1ccc(-c2ccc(=O)n(CC(=O)Nc3cccc4ccccc34)n2)cc1. The van der Waals surface area contributed by atoms with Crippen molar-refractivity contribution in [2.45, 2.75) is 13.5 Å². The smallest absolute Gasteiger partial charge is 0.267 e. The van der Waals surface area contributed by atoms with Gasteiger partial charge in [0.15, 0.2) is 0 Å². The first-order valence-corrected chi connectivity index (χ1v) is 9.03. The number of hydrogen-bond acceptors (Lipinski definition) is 3. The van der Waals surface area contributed by atoms with E-state index in [1.807, 2.05) is 73.7 Å². The Morgan fingerprint density at radius 3 is 2.50 bits per heavy atom. The molecule has 5 nitrogen and oxygen atoms in total. The molecule has 0 spiro atoms. The summed E-state index contributed by atoms with van der Waals surface area (Å²) >= 11 is 0. The van der Waals surface area contributed by atoms with E-state index in [0.29, 0.717) is 11.4 Å². The molecular weight excluding hydrogens is 350 g/mol. The molecule has 0 aliphatic heterocycles. The highest BCUT2D eigenvalue weighted by Crippen LogP contribution is 2.23. The zero-order valence-electron chi connectivity index (χ0n) is 15.4. The van der Waals surface area contributed by atoms with Crippen molar-refractivity contribution in [2.75, 3.05) is 5.32 Å². The minimum absolute atomic E-state index is 0.151. The van der Waals surface area contributed by atoms with Gasteiger partial charge in [0.25, 0.3) is 5.56 Å². The highest BCUT2D eigenvalue weighted by atomic mass is 16.2. The van der Waals surface area contributed by atoms with Gasteiger partial charge in [-0.25, -0.2) is 4.68 Å². The molecule has 0 bridgehead atoms. The molecule has 0 saturated heterocycles. The third-order valence-corrected chi connectivity index (χ3v) is 4.57. The summed E-state index contributed by atoms with van der Waals surface area (Å²) in [6.07, 6.45) is 0. The van der Waals surface area contributed by atoms with E-state index in [1.54, 1.807) is 6.07 Å². The normalized spacial score (nSPS) is 10.8. The summed E-state index contributed by atoms with van der Waals surface area (Å²) in [6, 6.07) is 24.5. The van der Waals surface area contributed by atoms with E-state index < -0.39 is 0 Å². The molecule has 0 aliphatic rings. The molecule has 4 rings (SSSR count). The molecule has 0 radical (unpaired) electrons. The van der Waals surface area contributed by atoms with Gasteiger partial charge >= 0.3 is 0 Å². The van der Waals surface area contributed by atoms with Crippen molar-refractivity contribution in [3.05, 3.63) is 94.8 Å². The van der Waals surface area contributed by atoms with Gasteiger partial charge in [-0.3, -0.25) is 9.59 Å². The van der Waals surface area contributed by atoms with E-state index in [1.165, 1.54) is 10.7 Å². The van der Waals surface area contributed by atoms with Gasteiger partial charge in [0.05, 0.1) is 5.69 Å². The fourth-order valence-corrected chi connectivity index (χ4v) is 3.10. The zero-order valence-corrected chi connectivity index (χ0v) is 15.4. The van der Waals surface area contributed by atoms with Gasteiger partial charge in [0.2, 0.25) is 5.91 Å². The van der Waals surface area contributed by atoms with Crippen LogP contribution in [-0.2, 0) is 11.3 Å². The van der Waals surface area contributed by atoms with E-state index in [0.717, 1.165) is 21.9 Å². The average molecular weight is 369 g/mol. The summed E-state index contributed by atoms with van der Waals surface area (Å²) in [4.78, 5) is 24.7. The lowest BCUT2D eigenvalue weighted by Gasteiger charge is -2.10. The van der Waals surface area contributed by atoms with Crippen molar-refractivity contribution in [1.82, 2.24) is 9.78 Å². The fraction of sp³-hybridized carbons (Fsp3) is 0.0870. The highest BCUT2D eigenvalue weighted by molar-refractivity contribution is 6.01. The lowest BCUT2D eigenvalue weighted by Crippen LogP contribution is -2.29. The molecule has 1 N–H and O–H groups in total. The van der Waals surface area contributed by atoms with Crippen LogP contribution in [0.15, 0.2) is 83.7 Å². The molecule has 0 atom stereocenters. The summed E-state index contributed by atoms with van der Waals surface area (Å²) < 4.78 is 1.19. The largest absolute Gasteiger partial charge is 0.324 e. The molecule has 5 heteroatoms. The third-order valence-electron chi connectivity index (χ3n) is 4.57. The monoisotopic (exact) mass is 369 g/mol. The van der Waals surface area contributed by atoms with Crippen LogP contribution in [0.2, 0.25) is 0 Å². The van der Waals surface area contributed by atoms with Gasteiger partial charge in [-0.15, -0.1) is 0 Å². The number of aryl methyl sites for hydroxylation is 1. The molecule has 0 fully saturated rings. The van der Waals surface area contributed by atoms with Gasteiger partial charge < -0.3 is 5.32 Å². The van der Waals surface area contributed by atoms with Crippen LogP contribution in [0.25, 0.3) is 22.0 Å². The highest BCUT2D eigenvalue weighted by Gasteiger charge is 2.10. The van der Waals surface area contributed by atoms with Crippen molar-refractivity contribution in [1.29, 1.82) is 0 Å². The van der Waals surface area contributed by atoms with Crippen molar-refractivity contribution in [2.24, 2.45) is 0 Å². The molecule has 1 amide bonds. The van der Waals surface area contributed by atoms with Crippen LogP contribution < -0.4 is 10.9 Å². The van der Waals surface area contributed by atoms with Gasteiger partial charge in [0, 0.05) is 22.7 Å². The molecule has 0 saturated carbocycles. The maximum atomic E-state index is 12.6. The van der Waals surface area contributed by atoms with Crippen LogP contribution in [0.5, 0.6) is 0 Å². The lowest BCUT2D eigenvalue weighted by molar-refractivity contribution is -0.117. The number of nitrogens with zero attached hydrogens (tertiary/aromatic N) is 2. The number of carbonyl (C=O) groups is 1. The van der Waals surface area contributed by atoms with Crippen LogP contribution in [0.3, 0.4) is 0 Å². The maximum Gasteiger partial charge on any atom is 0.267 e. The van der Waals surface area contributed by atoms with E-state index in [-0.39, 0.29) is 18.0 Å². The number of amides is 1. The minimum Gasteiger partial charge on any atom is -0.324 e. The van der Waals surface area contributed by atoms with Crippen LogP contribution in [-0.4, -0.2) is 15.7 Å². The maximum absolute atomic E-state index is 12.6. The van der Waals surface area contributed by atoms with Crippen LogP contribution in [0.1, 0.15) is 5.56 Å². The van der Waals surface area contributed by atoms with Gasteiger partial charge in [-0.1, -0.05) is 66.2 Å². The number of fused-ring (bicyclic) bond motifs is 1. The predicted octanol–water partition coefficient (Wildman–Crippen LogP) is 4.01. The number of nitrogens with one attached hydrogen (secondary N) is 1. The standard InChI is InChI=1S/C23H19N3O2/c1-16-9-11-18(12-10-16)20-13-14-23(28)26(25-20)15-22(27)24-21-8-4-6-17-5-2-3-7-19(17)21/h2-14H,15H2,1H3,(H,24,27). The molecule has 0 unspecified atom stereocenters. The first-order chi connectivity index (χ1) is 13.6. The fourth-order valence-electron chi connectivity index (χ4n) is 3.10. The van der Waals surface area contributed by atoms with Crippen LogP contribution in [0.4, 0.5) is 5.69 Å². The topological polar surface area (TPSA) is 64.0 Å². The Bertz CT molecular complexity index is 1210. The number of hydrogen-bond donors (Lipinski definition) is 1. The van der Waals surface area contributed by atoms with Crippen molar-refractivity contribution in [3.8, 4) is 11.3 Å². The minimum atomic E-state index is -0.316. The van der Waals surface area contributed by atoms with Gasteiger partial charge in [-0.05, 0) is 24.4 Å². The van der Waals surface area contributed by atoms with E-state index >= 15 is 0 Å². The number of carbonyl (C=O) groups excluding carboxylic acids is 1. The lowest BCUT2D eigenvalue weighted by atomic mass is 10.1. The van der Waals surface area contributed by atoms with E-state index in [2.05, 4.69) is 10.4 Å². The second kappa shape index (κ2) is 7.48. The number of aromatic nitrogens is 2. The summed E-state index contributed by atoms with van der Waals surface area (Å²) in [5.41, 5.74) is 3.09. The molecule has 3 aromatic carbocycles. The van der Waals surface area contributed by atoms with E-state index in [4.69, 9.17) is 0 Å². The van der Waals surface area contributed by atoms with Crippen molar-refractivity contribution < 1.29 is 4.79 Å². The predicted molar refractivity (Wildman–Crippen MR) is 111 cm³/mol. The molecule has 0 aliphatic carbocycles. The molecule has 4 aromatic rings. The van der Waals surface area contributed by atoms with Crippen molar-refractivity contribution >= 4 is 22.4 Å². The molecule has 28 heavy (non-hydrogen) atoms. The number of benzene rings is 3. The Kier molecular flexibility index (Phi) is 4.72. The Hall–Kier alpha value is -3.73. The average Bonchev–Trinajstić information content (AvgIpc) is 2.71. The second-order valence-electron chi connectivity index (χ2n) is 6.66. The Morgan fingerprint density at radius 2 is 1.68 bits per heavy atom. The quantitative estimate of drug-likeness (QED) is 0.591. The Morgan fingerprint density at radius 1 is 0.929 bits per heavy atom. The Balaban J connectivity index is 1.58. The van der Waals surface area contributed by atoms with Gasteiger partial charge in [-0.2, -0.15) is 5.10 Å². The summed E-state index contributed by atoms with van der Waals surface area (Å²) in [7, 11) is 0.